The van der Waals surface area contributed by atoms with Crippen LogP contribution in [0.5, 0.6) is 0 Å². The van der Waals surface area contributed by atoms with Crippen molar-refractivity contribution in [3.63, 3.8) is 0 Å². The van der Waals surface area contributed by atoms with Gasteiger partial charge in [0.25, 0.3) is 0 Å². The van der Waals surface area contributed by atoms with Gasteiger partial charge in [0.05, 0.1) is 17.4 Å². The second-order valence-electron chi connectivity index (χ2n) is 5.90. The molecule has 1 fully saturated rings. The monoisotopic (exact) mass is 272 g/mol. The fraction of sp³-hybridized carbons (Fsp3) is 0.562. The van der Waals surface area contributed by atoms with E-state index in [-0.39, 0.29) is 0 Å². The van der Waals surface area contributed by atoms with Crippen molar-refractivity contribution in [3.8, 4) is 0 Å². The molecule has 0 spiro atoms. The third-order valence-electron chi connectivity index (χ3n) is 4.12. The van der Waals surface area contributed by atoms with Gasteiger partial charge in [0, 0.05) is 19.1 Å². The number of nitrogens with one attached hydrogen (secondary N) is 2. The molecule has 0 bridgehead atoms. The van der Waals surface area contributed by atoms with Crippen LogP contribution in [0.2, 0.25) is 0 Å². The molecule has 1 saturated heterocycles. The van der Waals surface area contributed by atoms with Crippen LogP contribution < -0.4 is 5.32 Å². The molecule has 2 N–H and O–H groups in total. The zero-order chi connectivity index (χ0) is 13.8. The van der Waals surface area contributed by atoms with Gasteiger partial charge in [-0.2, -0.15) is 0 Å². The molecule has 20 heavy (non-hydrogen) atoms. The number of likely N-dealkylation sites (tertiary alicyclic amines) is 1. The fourth-order valence-corrected chi connectivity index (χ4v) is 2.98. The minimum Gasteiger partial charge on any atom is -0.345 e. The molecule has 108 valence electrons. The van der Waals surface area contributed by atoms with Crippen LogP contribution in [-0.2, 0) is 6.54 Å². The lowest BCUT2D eigenvalue weighted by Gasteiger charge is -2.29. The second kappa shape index (κ2) is 6.37. The maximum absolute atomic E-state index is 4.25. The van der Waals surface area contributed by atoms with Crippen LogP contribution in [0.15, 0.2) is 24.5 Å². The highest BCUT2D eigenvalue weighted by atomic mass is 15.1. The van der Waals surface area contributed by atoms with Crippen LogP contribution in [0.1, 0.15) is 31.7 Å². The summed E-state index contributed by atoms with van der Waals surface area (Å²) in [6.45, 7) is 6.90. The lowest BCUT2D eigenvalue weighted by atomic mass is 10.1. The Labute approximate surface area is 120 Å². The summed E-state index contributed by atoms with van der Waals surface area (Å²) in [5, 5.41) is 3.63. The minimum absolute atomic E-state index is 0.533. The topological polar surface area (TPSA) is 44.0 Å². The zero-order valence-corrected chi connectivity index (χ0v) is 12.2. The van der Waals surface area contributed by atoms with Gasteiger partial charge in [-0.3, -0.25) is 0 Å². The summed E-state index contributed by atoms with van der Waals surface area (Å²) in [4.78, 5) is 10.00. The van der Waals surface area contributed by atoms with Gasteiger partial charge in [-0.25, -0.2) is 4.98 Å². The number of rotatable bonds is 5. The minimum atomic E-state index is 0.533. The summed E-state index contributed by atoms with van der Waals surface area (Å²) in [5.41, 5.74) is 3.47. The van der Waals surface area contributed by atoms with Gasteiger partial charge >= 0.3 is 0 Å². The summed E-state index contributed by atoms with van der Waals surface area (Å²) in [5.74, 6) is 0. The van der Waals surface area contributed by atoms with Crippen molar-refractivity contribution in [1.82, 2.24) is 20.2 Å². The molecule has 0 radical (unpaired) electrons. The van der Waals surface area contributed by atoms with E-state index in [9.17, 15) is 0 Å². The van der Waals surface area contributed by atoms with Crippen LogP contribution in [-0.4, -0.2) is 40.5 Å². The van der Waals surface area contributed by atoms with Gasteiger partial charge in [0.2, 0.25) is 0 Å². The van der Waals surface area contributed by atoms with E-state index >= 15 is 0 Å². The van der Waals surface area contributed by atoms with Crippen LogP contribution >= 0.6 is 0 Å². The molecular weight excluding hydrogens is 248 g/mol. The summed E-state index contributed by atoms with van der Waals surface area (Å²) in [7, 11) is 0. The number of fused-ring (bicyclic) bond motifs is 1. The smallest absolute Gasteiger partial charge is 0.0931 e. The first-order valence-corrected chi connectivity index (χ1v) is 7.69. The molecular formula is C16H24N4. The Hall–Kier alpha value is -1.39. The Morgan fingerprint density at radius 1 is 1.30 bits per heavy atom. The lowest BCUT2D eigenvalue weighted by molar-refractivity contribution is 0.209. The van der Waals surface area contributed by atoms with Crippen LogP contribution in [0, 0.1) is 0 Å². The average molecular weight is 272 g/mol. The summed E-state index contributed by atoms with van der Waals surface area (Å²) in [6.07, 6.45) is 5.88. The van der Waals surface area contributed by atoms with Gasteiger partial charge in [0.15, 0.2) is 0 Å². The van der Waals surface area contributed by atoms with E-state index in [2.05, 4.69) is 45.3 Å². The van der Waals surface area contributed by atoms with E-state index in [0.717, 1.165) is 24.1 Å². The van der Waals surface area contributed by atoms with E-state index in [4.69, 9.17) is 0 Å². The molecule has 1 atom stereocenters. The molecule has 0 unspecified atom stereocenters. The Bertz CT molecular complexity index is 542. The molecule has 1 aliphatic heterocycles. The third-order valence-corrected chi connectivity index (χ3v) is 4.12. The van der Waals surface area contributed by atoms with Crippen molar-refractivity contribution in [1.29, 1.82) is 0 Å². The van der Waals surface area contributed by atoms with Crippen molar-refractivity contribution < 1.29 is 0 Å². The number of hydrogen-bond acceptors (Lipinski definition) is 3. The van der Waals surface area contributed by atoms with E-state index in [0.29, 0.717) is 6.04 Å². The quantitative estimate of drug-likeness (QED) is 0.879. The van der Waals surface area contributed by atoms with E-state index in [1.165, 1.54) is 37.9 Å². The zero-order valence-electron chi connectivity index (χ0n) is 12.2. The van der Waals surface area contributed by atoms with Crippen molar-refractivity contribution in [2.75, 3.05) is 19.6 Å². The molecule has 1 aliphatic rings. The number of piperidine rings is 1. The number of benzene rings is 1. The van der Waals surface area contributed by atoms with Crippen molar-refractivity contribution in [3.05, 3.63) is 30.1 Å². The van der Waals surface area contributed by atoms with Crippen molar-refractivity contribution >= 4 is 11.0 Å². The molecule has 0 aliphatic carbocycles. The average Bonchev–Trinajstić information content (AvgIpc) is 2.93. The van der Waals surface area contributed by atoms with Crippen LogP contribution in [0.3, 0.4) is 0 Å². The standard InChI is InChI=1S/C16H24N4/c1-13(11-20-7-3-2-4-8-20)17-10-14-5-6-15-16(9-14)19-12-18-15/h5-6,9,12-13,17H,2-4,7-8,10-11H2,1H3,(H,18,19)/t13-/m0/s1. The first-order valence-electron chi connectivity index (χ1n) is 7.69. The van der Waals surface area contributed by atoms with Crippen LogP contribution in [0.25, 0.3) is 11.0 Å². The number of imidazole rings is 1. The van der Waals surface area contributed by atoms with E-state index in [1.54, 1.807) is 6.33 Å². The van der Waals surface area contributed by atoms with Crippen molar-refractivity contribution in [2.45, 2.75) is 38.8 Å². The van der Waals surface area contributed by atoms with Gasteiger partial charge in [0.1, 0.15) is 0 Å². The molecule has 4 nitrogen and oxygen atoms in total. The Morgan fingerprint density at radius 3 is 3.00 bits per heavy atom. The fourth-order valence-electron chi connectivity index (χ4n) is 2.98. The van der Waals surface area contributed by atoms with Gasteiger partial charge in [-0.1, -0.05) is 12.5 Å². The largest absolute Gasteiger partial charge is 0.345 e. The Balaban J connectivity index is 1.50. The maximum atomic E-state index is 4.25. The normalized spacial score (nSPS) is 18.4. The number of aromatic amines is 1. The predicted molar refractivity (Wildman–Crippen MR) is 82.7 cm³/mol. The Morgan fingerprint density at radius 2 is 2.15 bits per heavy atom. The predicted octanol–water partition coefficient (Wildman–Crippen LogP) is 2.53. The third kappa shape index (κ3) is 3.38. The highest BCUT2D eigenvalue weighted by Gasteiger charge is 2.12. The SMILES string of the molecule is C[C@@H](CN1CCCCC1)NCc1ccc2nc[nH]c2c1. The maximum Gasteiger partial charge on any atom is 0.0931 e. The molecule has 2 heterocycles. The molecule has 0 saturated carbocycles. The molecule has 4 heteroatoms. The summed E-state index contributed by atoms with van der Waals surface area (Å²) >= 11 is 0. The second-order valence-corrected chi connectivity index (χ2v) is 5.90. The summed E-state index contributed by atoms with van der Waals surface area (Å²) in [6, 6.07) is 6.95. The molecule has 2 aromatic rings. The molecule has 1 aromatic heterocycles. The van der Waals surface area contributed by atoms with Crippen LogP contribution in [0.4, 0.5) is 0 Å². The Kier molecular flexibility index (Phi) is 4.33. The van der Waals surface area contributed by atoms with Gasteiger partial charge in [-0.05, 0) is 50.6 Å². The van der Waals surface area contributed by atoms with Gasteiger partial charge in [-0.15, -0.1) is 0 Å². The summed E-state index contributed by atoms with van der Waals surface area (Å²) < 4.78 is 0. The van der Waals surface area contributed by atoms with Crippen molar-refractivity contribution in [2.24, 2.45) is 0 Å². The molecule has 1 aromatic carbocycles. The number of nitrogens with zero attached hydrogens (tertiary/aromatic N) is 2. The highest BCUT2D eigenvalue weighted by Crippen LogP contribution is 2.12. The first kappa shape index (κ1) is 13.6. The van der Waals surface area contributed by atoms with Gasteiger partial charge < -0.3 is 15.2 Å². The highest BCUT2D eigenvalue weighted by molar-refractivity contribution is 5.74. The first-order chi connectivity index (χ1) is 9.81. The van der Waals surface area contributed by atoms with E-state index < -0.39 is 0 Å². The van der Waals surface area contributed by atoms with E-state index in [1.807, 2.05) is 0 Å². The number of H-pyrrole nitrogens is 1. The lowest BCUT2D eigenvalue weighted by Crippen LogP contribution is -2.41. The number of hydrogen-bond donors (Lipinski definition) is 2. The molecule has 3 rings (SSSR count). The molecule has 0 amide bonds. The number of aromatic nitrogens is 2.